The molecule has 0 fully saturated rings. The van der Waals surface area contributed by atoms with Crippen molar-refractivity contribution in [1.29, 1.82) is 0 Å². The van der Waals surface area contributed by atoms with E-state index in [0.717, 1.165) is 22.9 Å². The van der Waals surface area contributed by atoms with Gasteiger partial charge in [-0.25, -0.2) is 0 Å². The number of phenolic OH excluding ortho intramolecular Hbond substituents is 1. The molecule has 0 spiro atoms. The molecule has 2 N–H and O–H groups in total. The van der Waals surface area contributed by atoms with E-state index in [9.17, 15) is 5.11 Å². The molecule has 1 aliphatic rings. The van der Waals surface area contributed by atoms with E-state index in [1.807, 2.05) is 24.9 Å². The lowest BCUT2D eigenvalue weighted by atomic mass is 9.81. The summed E-state index contributed by atoms with van der Waals surface area (Å²) in [7, 11) is 1.86. The summed E-state index contributed by atoms with van der Waals surface area (Å²) in [6, 6.07) is 14.7. The van der Waals surface area contributed by atoms with Crippen LogP contribution in [0.2, 0.25) is 0 Å². The summed E-state index contributed by atoms with van der Waals surface area (Å²) in [4.78, 5) is 3.62. The average molecular weight is 371 g/mol. The summed E-state index contributed by atoms with van der Waals surface area (Å²) < 4.78 is 0. The van der Waals surface area contributed by atoms with Crippen LogP contribution < -0.4 is 10.2 Å². The van der Waals surface area contributed by atoms with Gasteiger partial charge in [0.1, 0.15) is 5.75 Å². The zero-order valence-corrected chi connectivity index (χ0v) is 16.9. The maximum atomic E-state index is 10.3. The second-order valence-corrected chi connectivity index (χ2v) is 8.27. The molecular formula is C22H30N2OS. The van der Waals surface area contributed by atoms with Gasteiger partial charge in [0.2, 0.25) is 0 Å². The molecule has 1 aliphatic heterocycles. The molecule has 4 heteroatoms. The van der Waals surface area contributed by atoms with E-state index < -0.39 is 0 Å². The molecule has 0 amide bonds. The van der Waals surface area contributed by atoms with Crippen molar-refractivity contribution in [1.82, 2.24) is 0 Å². The Hall–Kier alpha value is -1.81. The molecule has 1 atom stereocenters. The fourth-order valence-electron chi connectivity index (χ4n) is 3.71. The number of hydrogen-bond acceptors (Lipinski definition) is 4. The Balaban J connectivity index is 2.09. The van der Waals surface area contributed by atoms with E-state index in [1.165, 1.54) is 37.1 Å². The Labute approximate surface area is 161 Å². The van der Waals surface area contributed by atoms with E-state index in [2.05, 4.69) is 60.5 Å². The van der Waals surface area contributed by atoms with Crippen molar-refractivity contribution in [3.05, 3.63) is 42.5 Å². The molecule has 0 saturated heterocycles. The number of fused-ring (bicyclic) bond motifs is 1. The number of hydrogen-bond donors (Lipinski definition) is 2. The number of rotatable bonds is 6. The monoisotopic (exact) mass is 370 g/mol. The second-order valence-electron chi connectivity index (χ2n) is 7.25. The third-order valence-corrected chi connectivity index (χ3v) is 6.94. The molecule has 0 saturated carbocycles. The first-order valence-electron chi connectivity index (χ1n) is 9.62. The van der Waals surface area contributed by atoms with E-state index >= 15 is 0 Å². The molecule has 0 aromatic heterocycles. The first-order valence-corrected chi connectivity index (χ1v) is 10.6. The van der Waals surface area contributed by atoms with Crippen LogP contribution in [0.25, 0.3) is 0 Å². The van der Waals surface area contributed by atoms with Crippen LogP contribution in [0, 0.1) is 5.41 Å². The van der Waals surface area contributed by atoms with Crippen molar-refractivity contribution in [3.63, 3.8) is 0 Å². The Morgan fingerprint density at radius 3 is 2.62 bits per heavy atom. The molecule has 1 heterocycles. The largest absolute Gasteiger partial charge is 0.506 e. The summed E-state index contributed by atoms with van der Waals surface area (Å²) in [6.07, 6.45) is 4.91. The highest BCUT2D eigenvalue weighted by molar-refractivity contribution is 7.99. The molecule has 0 bridgehead atoms. The molecule has 140 valence electrons. The van der Waals surface area contributed by atoms with Gasteiger partial charge in [-0.15, -0.1) is 11.8 Å². The fraction of sp³-hybridized carbons (Fsp3) is 0.455. The molecule has 2 aromatic rings. The van der Waals surface area contributed by atoms with Gasteiger partial charge in [0.05, 0.1) is 11.4 Å². The van der Waals surface area contributed by atoms with Gasteiger partial charge in [0.15, 0.2) is 0 Å². The van der Waals surface area contributed by atoms with Gasteiger partial charge in [0, 0.05) is 29.9 Å². The van der Waals surface area contributed by atoms with E-state index in [0.29, 0.717) is 5.75 Å². The molecule has 3 rings (SSSR count). The SMILES string of the molecule is CCCCC1(CC)CSc2cc(O)c(NC)cc2N(c2ccccc2)C1. The van der Waals surface area contributed by atoms with Gasteiger partial charge >= 0.3 is 0 Å². The van der Waals surface area contributed by atoms with Crippen LogP contribution in [0.3, 0.4) is 0 Å². The highest BCUT2D eigenvalue weighted by Gasteiger charge is 2.35. The summed E-state index contributed by atoms with van der Waals surface area (Å²) in [5, 5.41) is 13.5. The first-order chi connectivity index (χ1) is 12.6. The molecule has 0 radical (unpaired) electrons. The van der Waals surface area contributed by atoms with Gasteiger partial charge in [-0.05, 0) is 42.5 Å². The van der Waals surface area contributed by atoms with Crippen LogP contribution in [-0.2, 0) is 0 Å². The standard InChI is InChI=1S/C22H30N2OS/c1-4-6-12-22(5-2)15-24(17-10-8-7-9-11-17)19-13-18(23-3)20(25)14-21(19)26-16-22/h7-11,13-14,23,25H,4-6,12,15-16H2,1-3H3. The minimum atomic E-state index is 0.283. The minimum absolute atomic E-state index is 0.283. The van der Waals surface area contributed by atoms with Gasteiger partial charge in [-0.1, -0.05) is 44.9 Å². The van der Waals surface area contributed by atoms with Crippen molar-refractivity contribution < 1.29 is 5.11 Å². The van der Waals surface area contributed by atoms with Crippen LogP contribution in [0.1, 0.15) is 39.5 Å². The van der Waals surface area contributed by atoms with Crippen LogP contribution in [-0.4, -0.2) is 24.5 Å². The lowest BCUT2D eigenvalue weighted by Crippen LogP contribution is -2.35. The smallest absolute Gasteiger partial charge is 0.139 e. The molecular weight excluding hydrogens is 340 g/mol. The quantitative estimate of drug-likeness (QED) is 0.588. The topological polar surface area (TPSA) is 35.5 Å². The Kier molecular flexibility index (Phi) is 6.02. The highest BCUT2D eigenvalue weighted by Crippen LogP contribution is 2.48. The van der Waals surface area contributed by atoms with Gasteiger partial charge in [-0.3, -0.25) is 0 Å². The number of thioether (sulfide) groups is 1. The van der Waals surface area contributed by atoms with Gasteiger partial charge in [0.25, 0.3) is 0 Å². The third-order valence-electron chi connectivity index (χ3n) is 5.54. The Bertz CT molecular complexity index is 734. The number of aromatic hydroxyl groups is 1. The Morgan fingerprint density at radius 2 is 1.96 bits per heavy atom. The zero-order chi connectivity index (χ0) is 18.6. The minimum Gasteiger partial charge on any atom is -0.506 e. The Morgan fingerprint density at radius 1 is 1.19 bits per heavy atom. The number of phenols is 1. The van der Waals surface area contributed by atoms with E-state index in [1.54, 1.807) is 0 Å². The molecule has 0 aliphatic carbocycles. The number of unbranched alkanes of at least 4 members (excludes halogenated alkanes) is 1. The molecule has 2 aromatic carbocycles. The molecule has 1 unspecified atom stereocenters. The van der Waals surface area contributed by atoms with Crippen LogP contribution in [0.4, 0.5) is 17.1 Å². The number of anilines is 3. The average Bonchev–Trinajstić information content (AvgIpc) is 2.84. The fourth-order valence-corrected chi connectivity index (χ4v) is 5.13. The molecule has 26 heavy (non-hydrogen) atoms. The van der Waals surface area contributed by atoms with Crippen LogP contribution in [0.15, 0.2) is 47.4 Å². The van der Waals surface area contributed by atoms with Crippen molar-refractivity contribution >= 4 is 28.8 Å². The number of nitrogens with one attached hydrogen (secondary N) is 1. The van der Waals surface area contributed by atoms with Crippen molar-refractivity contribution in [2.45, 2.75) is 44.4 Å². The summed E-state index contributed by atoms with van der Waals surface area (Å²) in [6.45, 7) is 5.61. The second kappa shape index (κ2) is 8.26. The predicted molar refractivity (Wildman–Crippen MR) is 114 cm³/mol. The lowest BCUT2D eigenvalue weighted by Gasteiger charge is -2.36. The van der Waals surface area contributed by atoms with E-state index in [4.69, 9.17) is 0 Å². The van der Waals surface area contributed by atoms with Crippen LogP contribution >= 0.6 is 11.8 Å². The summed E-state index contributed by atoms with van der Waals surface area (Å²) in [5.74, 6) is 1.42. The van der Waals surface area contributed by atoms with E-state index in [-0.39, 0.29) is 5.41 Å². The van der Waals surface area contributed by atoms with Gasteiger partial charge in [-0.2, -0.15) is 0 Å². The zero-order valence-electron chi connectivity index (χ0n) is 16.1. The van der Waals surface area contributed by atoms with Crippen molar-refractivity contribution in [2.75, 3.05) is 29.6 Å². The number of para-hydroxylation sites is 1. The first kappa shape index (κ1) is 19.0. The predicted octanol–water partition coefficient (Wildman–Crippen LogP) is 6.26. The highest BCUT2D eigenvalue weighted by atomic mass is 32.2. The van der Waals surface area contributed by atoms with Crippen LogP contribution in [0.5, 0.6) is 5.75 Å². The summed E-state index contributed by atoms with van der Waals surface area (Å²) >= 11 is 1.89. The lowest BCUT2D eigenvalue weighted by molar-refractivity contribution is 0.295. The summed E-state index contributed by atoms with van der Waals surface area (Å²) in [5.41, 5.74) is 3.47. The van der Waals surface area contributed by atoms with Crippen molar-refractivity contribution in [3.8, 4) is 5.75 Å². The third kappa shape index (κ3) is 3.80. The van der Waals surface area contributed by atoms with Crippen molar-refractivity contribution in [2.24, 2.45) is 5.41 Å². The number of benzene rings is 2. The normalized spacial score (nSPS) is 19.7. The molecule has 3 nitrogen and oxygen atoms in total. The maximum Gasteiger partial charge on any atom is 0.139 e. The maximum absolute atomic E-state index is 10.3. The van der Waals surface area contributed by atoms with Gasteiger partial charge < -0.3 is 15.3 Å². The number of nitrogens with zero attached hydrogens (tertiary/aromatic N) is 1.